The van der Waals surface area contributed by atoms with E-state index in [4.69, 9.17) is 9.97 Å². The summed E-state index contributed by atoms with van der Waals surface area (Å²) in [7, 11) is 0. The van der Waals surface area contributed by atoms with Gasteiger partial charge < -0.3 is 0 Å². The minimum Gasteiger partial charge on any atom is -0.236 e. The highest BCUT2D eigenvalue weighted by molar-refractivity contribution is 7.22. The molecular formula is C23H18N2S2. The van der Waals surface area contributed by atoms with Crippen molar-refractivity contribution in [2.45, 2.75) is 13.8 Å². The maximum absolute atomic E-state index is 4.90. The predicted molar refractivity (Wildman–Crippen MR) is 118 cm³/mol. The summed E-state index contributed by atoms with van der Waals surface area (Å²) in [6.45, 7) is 4.42. The minimum atomic E-state index is 0.0787. The summed E-state index contributed by atoms with van der Waals surface area (Å²) in [5, 5.41) is 2.12. The molecule has 0 N–H and O–H groups in total. The molecule has 0 amide bonds. The van der Waals surface area contributed by atoms with Gasteiger partial charge in [-0.2, -0.15) is 0 Å². The largest absolute Gasteiger partial charge is 0.236 e. The zero-order valence-corrected chi connectivity index (χ0v) is 16.8. The van der Waals surface area contributed by atoms with Gasteiger partial charge in [0.25, 0.3) is 0 Å². The molecule has 0 saturated heterocycles. The Kier molecular flexibility index (Phi) is 3.85. The molecule has 0 spiro atoms. The Morgan fingerprint density at radius 1 is 0.815 bits per heavy atom. The Morgan fingerprint density at radius 2 is 1.48 bits per heavy atom. The van der Waals surface area contributed by atoms with Gasteiger partial charge in [-0.15, -0.1) is 22.7 Å². The van der Waals surface area contributed by atoms with Gasteiger partial charge in [-0.05, 0) is 12.1 Å². The molecule has 2 aromatic carbocycles. The highest BCUT2D eigenvalue weighted by Crippen LogP contribution is 2.36. The molecule has 1 aliphatic carbocycles. The molecule has 132 valence electrons. The summed E-state index contributed by atoms with van der Waals surface area (Å²) >= 11 is 3.46. The summed E-state index contributed by atoms with van der Waals surface area (Å²) < 4.78 is 2.37. The summed E-state index contributed by atoms with van der Waals surface area (Å²) in [5.41, 5.74) is 4.51. The van der Waals surface area contributed by atoms with E-state index in [0.29, 0.717) is 0 Å². The Labute approximate surface area is 166 Å². The van der Waals surface area contributed by atoms with Crippen LogP contribution < -0.4 is 0 Å². The number of nitrogens with zero attached hydrogens (tertiary/aromatic N) is 2. The average molecular weight is 387 g/mol. The fourth-order valence-corrected chi connectivity index (χ4v) is 5.11. The lowest BCUT2D eigenvalue weighted by Gasteiger charge is -2.12. The first-order valence-corrected chi connectivity index (χ1v) is 10.6. The lowest BCUT2D eigenvalue weighted by molar-refractivity contribution is 0.627. The van der Waals surface area contributed by atoms with Gasteiger partial charge in [0.05, 0.1) is 20.4 Å². The van der Waals surface area contributed by atoms with Gasteiger partial charge in [0.2, 0.25) is 0 Å². The fraction of sp³-hybridized carbons (Fsp3) is 0.130. The van der Waals surface area contributed by atoms with Crippen molar-refractivity contribution in [3.63, 3.8) is 0 Å². The third kappa shape index (κ3) is 3.15. The maximum Gasteiger partial charge on any atom is 0.124 e. The van der Waals surface area contributed by atoms with Gasteiger partial charge >= 0.3 is 0 Å². The van der Waals surface area contributed by atoms with Gasteiger partial charge in [-0.1, -0.05) is 74.6 Å². The van der Waals surface area contributed by atoms with Crippen LogP contribution >= 0.6 is 22.7 Å². The molecule has 0 fully saturated rings. The van der Waals surface area contributed by atoms with E-state index in [9.17, 15) is 0 Å². The van der Waals surface area contributed by atoms with Crippen LogP contribution in [0.15, 0.2) is 72.8 Å². The molecular weight excluding hydrogens is 368 g/mol. The molecule has 4 aromatic rings. The number of thiazole rings is 2. The van der Waals surface area contributed by atoms with Crippen molar-refractivity contribution in [1.82, 2.24) is 9.97 Å². The molecule has 2 nitrogen and oxygen atoms in total. The van der Waals surface area contributed by atoms with Crippen LogP contribution in [-0.2, 0) is 0 Å². The van der Waals surface area contributed by atoms with Crippen LogP contribution in [0.2, 0.25) is 0 Å². The van der Waals surface area contributed by atoms with Gasteiger partial charge in [-0.25, -0.2) is 9.97 Å². The van der Waals surface area contributed by atoms with Crippen LogP contribution in [0.5, 0.6) is 0 Å². The molecule has 0 unspecified atom stereocenters. The molecule has 0 saturated carbocycles. The monoisotopic (exact) mass is 386 g/mol. The van der Waals surface area contributed by atoms with Crippen LogP contribution in [0.25, 0.3) is 36.6 Å². The van der Waals surface area contributed by atoms with Crippen molar-refractivity contribution >= 4 is 48.7 Å². The van der Waals surface area contributed by atoms with E-state index < -0.39 is 0 Å². The summed E-state index contributed by atoms with van der Waals surface area (Å²) in [4.78, 5) is 9.75. The van der Waals surface area contributed by atoms with Gasteiger partial charge in [0.1, 0.15) is 10.0 Å². The number of rotatable bonds is 2. The van der Waals surface area contributed by atoms with Crippen molar-refractivity contribution in [3.8, 4) is 10.6 Å². The molecule has 5 rings (SSSR count). The third-order valence-corrected chi connectivity index (χ3v) is 6.79. The molecule has 27 heavy (non-hydrogen) atoms. The molecule has 0 atom stereocenters. The first kappa shape index (κ1) is 16.6. The normalized spacial score (nSPS) is 16.0. The van der Waals surface area contributed by atoms with Crippen molar-refractivity contribution in [1.29, 1.82) is 0 Å². The molecule has 4 heteroatoms. The second-order valence-corrected chi connectivity index (χ2v) is 9.39. The van der Waals surface area contributed by atoms with Crippen molar-refractivity contribution in [2.75, 3.05) is 0 Å². The van der Waals surface area contributed by atoms with Crippen LogP contribution in [0.1, 0.15) is 18.9 Å². The predicted octanol–water partition coefficient (Wildman–Crippen LogP) is 7.11. The summed E-state index contributed by atoms with van der Waals surface area (Å²) in [6.07, 6.45) is 10.9. The average Bonchev–Trinajstić information content (AvgIpc) is 3.21. The van der Waals surface area contributed by atoms with Crippen LogP contribution in [0, 0.1) is 5.41 Å². The molecule has 0 bridgehead atoms. The number of hydrogen-bond acceptors (Lipinski definition) is 4. The number of fused-ring (bicyclic) bond motifs is 2. The first-order chi connectivity index (χ1) is 13.1. The van der Waals surface area contributed by atoms with Gasteiger partial charge in [0.15, 0.2) is 0 Å². The fourth-order valence-electron chi connectivity index (χ4n) is 3.14. The molecule has 0 aliphatic heterocycles. The molecule has 1 aliphatic rings. The molecule has 0 radical (unpaired) electrons. The molecule has 2 heterocycles. The van der Waals surface area contributed by atoms with E-state index >= 15 is 0 Å². The van der Waals surface area contributed by atoms with E-state index in [-0.39, 0.29) is 5.41 Å². The van der Waals surface area contributed by atoms with E-state index in [0.717, 1.165) is 21.0 Å². The van der Waals surface area contributed by atoms with E-state index in [1.807, 2.05) is 6.07 Å². The van der Waals surface area contributed by atoms with E-state index in [1.165, 1.54) is 20.5 Å². The lowest BCUT2D eigenvalue weighted by Crippen LogP contribution is -2.00. The van der Waals surface area contributed by atoms with Crippen LogP contribution in [0.4, 0.5) is 0 Å². The second kappa shape index (κ2) is 6.25. The second-order valence-electron chi connectivity index (χ2n) is 7.33. The standard InChI is InChI=1S/C23H18N2S2/c1-23(2)11-6-9-16(10-12-23)22-25-18-14-19-17(13-20(18)27-22)24-21(26-19)15-7-4-3-5-8-15/h3-14H,1-2H3. The topological polar surface area (TPSA) is 25.8 Å². The van der Waals surface area contributed by atoms with Crippen molar-refractivity contribution < 1.29 is 0 Å². The van der Waals surface area contributed by atoms with E-state index in [2.05, 4.69) is 80.6 Å². The number of allylic oxidation sites excluding steroid dienone is 6. The lowest BCUT2D eigenvalue weighted by atomic mass is 9.93. The Hall–Kier alpha value is -2.56. The van der Waals surface area contributed by atoms with Crippen molar-refractivity contribution in [3.05, 3.63) is 77.9 Å². The molecule has 2 aromatic heterocycles. The number of hydrogen-bond donors (Lipinski definition) is 0. The highest BCUT2D eigenvalue weighted by Gasteiger charge is 2.15. The Bertz CT molecular complexity index is 1190. The zero-order valence-electron chi connectivity index (χ0n) is 15.1. The maximum atomic E-state index is 4.90. The Balaban J connectivity index is 1.57. The smallest absolute Gasteiger partial charge is 0.124 e. The van der Waals surface area contributed by atoms with Crippen molar-refractivity contribution in [2.24, 2.45) is 5.41 Å². The SMILES string of the molecule is CC1(C)C=CC=C(c2nc3cc4sc(-c5ccccc5)nc4cc3s2)C=C1. The van der Waals surface area contributed by atoms with Gasteiger partial charge in [0, 0.05) is 16.6 Å². The summed E-state index contributed by atoms with van der Waals surface area (Å²) in [6, 6.07) is 14.7. The quantitative estimate of drug-likeness (QED) is 0.367. The first-order valence-electron chi connectivity index (χ1n) is 8.93. The summed E-state index contributed by atoms with van der Waals surface area (Å²) in [5.74, 6) is 0. The number of aromatic nitrogens is 2. The van der Waals surface area contributed by atoms with Gasteiger partial charge in [-0.3, -0.25) is 0 Å². The number of benzene rings is 2. The van der Waals surface area contributed by atoms with Crippen LogP contribution in [0.3, 0.4) is 0 Å². The minimum absolute atomic E-state index is 0.0787. The zero-order chi connectivity index (χ0) is 18.4. The third-order valence-electron chi connectivity index (χ3n) is 4.66. The van der Waals surface area contributed by atoms with Crippen LogP contribution in [-0.4, -0.2) is 9.97 Å². The Morgan fingerprint density at radius 3 is 2.22 bits per heavy atom. The van der Waals surface area contributed by atoms with E-state index in [1.54, 1.807) is 22.7 Å². The highest BCUT2D eigenvalue weighted by atomic mass is 32.1.